The normalized spacial score (nSPS) is 17.5. The molecule has 2 aromatic rings. The van der Waals surface area contributed by atoms with Gasteiger partial charge in [0.2, 0.25) is 33.7 Å². The van der Waals surface area contributed by atoms with Gasteiger partial charge in [-0.2, -0.15) is 13.2 Å². The highest BCUT2D eigenvalue weighted by molar-refractivity contribution is 7.89. The molecule has 1 aliphatic heterocycles. The summed E-state index contributed by atoms with van der Waals surface area (Å²) in [5.74, 6) is -6.85. The van der Waals surface area contributed by atoms with Gasteiger partial charge in [0.1, 0.15) is 18.1 Å². The Hall–Kier alpha value is -5.38. The van der Waals surface area contributed by atoms with Crippen molar-refractivity contribution in [1.29, 1.82) is 0 Å². The molecule has 0 spiro atoms. The molecule has 71 heavy (non-hydrogen) atoms. The number of rotatable bonds is 26. The van der Waals surface area contributed by atoms with E-state index in [2.05, 4.69) is 17.2 Å². The van der Waals surface area contributed by atoms with E-state index in [1.54, 1.807) is 85.3 Å². The van der Waals surface area contributed by atoms with Gasteiger partial charge in [-0.1, -0.05) is 108 Å². The summed E-state index contributed by atoms with van der Waals surface area (Å²) in [6, 6.07) is 9.89. The Labute approximate surface area is 417 Å². The molecule has 2 aromatic carbocycles. The number of sulfonamides is 1. The molecule has 6 amide bonds. The third-order valence-corrected chi connectivity index (χ3v) is 14.2. The first-order valence-electron chi connectivity index (χ1n) is 23.7. The third-order valence-electron chi connectivity index (χ3n) is 13.0. The highest BCUT2D eigenvalue weighted by Gasteiger charge is 2.44. The van der Waals surface area contributed by atoms with E-state index in [4.69, 9.17) is 9.47 Å². The van der Waals surface area contributed by atoms with Gasteiger partial charge in [0.25, 0.3) is 5.91 Å². The van der Waals surface area contributed by atoms with Gasteiger partial charge in [0.05, 0.1) is 42.4 Å². The maximum atomic E-state index is 14.4. The fraction of sp³-hybridized carbons (Fsp3) is 0.600. The lowest BCUT2D eigenvalue weighted by Gasteiger charge is -2.41. The van der Waals surface area contributed by atoms with Crippen LogP contribution in [-0.2, 0) is 67.0 Å². The Kier molecular flexibility index (Phi) is 22.7. The molecule has 3 rings (SSSR count). The lowest BCUT2D eigenvalue weighted by Crippen LogP contribution is -2.59. The van der Waals surface area contributed by atoms with Gasteiger partial charge in [-0.25, -0.2) is 8.42 Å². The number of likely N-dealkylation sites (tertiary alicyclic amines) is 1. The maximum Gasteiger partial charge on any atom is 0.471 e. The van der Waals surface area contributed by atoms with Crippen LogP contribution < -0.4 is 20.7 Å². The fourth-order valence-corrected chi connectivity index (χ4v) is 10.2. The van der Waals surface area contributed by atoms with Crippen LogP contribution in [0.4, 0.5) is 13.2 Å². The van der Waals surface area contributed by atoms with Crippen LogP contribution in [0.15, 0.2) is 66.7 Å². The number of nitrogens with zero attached hydrogens (tertiary/aromatic N) is 3. The zero-order chi connectivity index (χ0) is 53.5. The number of amides is 6. The Morgan fingerprint density at radius 1 is 0.859 bits per heavy atom. The number of carbonyl (C=O) groups excluding carboxylic acids is 6. The van der Waals surface area contributed by atoms with E-state index in [9.17, 15) is 50.4 Å². The molecule has 0 radical (unpaired) electrons. The number of likely N-dealkylation sites (N-methyl/N-ethyl adjacent to an activating group) is 2. The summed E-state index contributed by atoms with van der Waals surface area (Å²) in [5, 5.41) is 7.39. The van der Waals surface area contributed by atoms with Crippen molar-refractivity contribution in [2.75, 3.05) is 41.9 Å². The number of hydrogen-bond acceptors (Lipinski definition) is 11. The van der Waals surface area contributed by atoms with Crippen molar-refractivity contribution in [2.24, 2.45) is 17.8 Å². The van der Waals surface area contributed by atoms with Crippen molar-refractivity contribution in [3.05, 3.63) is 83.4 Å². The predicted octanol–water partition coefficient (Wildman–Crippen LogP) is 4.11. The molecule has 21 heteroatoms. The van der Waals surface area contributed by atoms with Crippen molar-refractivity contribution in [3.8, 4) is 0 Å². The number of ether oxygens (including phenoxy) is 2. The summed E-state index contributed by atoms with van der Waals surface area (Å²) in [5.41, 5.74) is 1.70. The number of benzene rings is 2. The fourth-order valence-electron chi connectivity index (χ4n) is 9.05. The molecule has 1 fully saturated rings. The van der Waals surface area contributed by atoms with Gasteiger partial charge in [-0.3, -0.25) is 38.4 Å². The quantitative estimate of drug-likeness (QED) is 0.0986. The van der Waals surface area contributed by atoms with Gasteiger partial charge in [-0.15, -0.1) is 0 Å². The van der Waals surface area contributed by atoms with Crippen LogP contribution in [-0.4, -0.2) is 149 Å². The molecule has 396 valence electrons. The van der Waals surface area contributed by atoms with Crippen LogP contribution in [0, 0.1) is 17.8 Å². The molecular weight excluding hydrogens is 948 g/mol. The smallest absolute Gasteiger partial charge is 0.379 e. The summed E-state index contributed by atoms with van der Waals surface area (Å²) >= 11 is 0. The topological polar surface area (TPSA) is 213 Å². The zero-order valence-corrected chi connectivity index (χ0v) is 43.6. The van der Waals surface area contributed by atoms with E-state index < -0.39 is 94.6 Å². The lowest BCUT2D eigenvalue weighted by atomic mass is 9.89. The second-order valence-electron chi connectivity index (χ2n) is 19.0. The van der Waals surface area contributed by atoms with Crippen molar-refractivity contribution < 1.29 is 59.8 Å². The summed E-state index contributed by atoms with van der Waals surface area (Å²) in [6.07, 6.45) is -5.19. The molecule has 0 unspecified atom stereocenters. The van der Waals surface area contributed by atoms with Gasteiger partial charge >= 0.3 is 12.1 Å². The molecule has 17 nitrogen and oxygen atoms in total. The number of methoxy groups -OCH3 is 2. The first kappa shape index (κ1) is 59.9. The summed E-state index contributed by atoms with van der Waals surface area (Å²) in [4.78, 5) is 86.3. The predicted molar refractivity (Wildman–Crippen MR) is 262 cm³/mol. The van der Waals surface area contributed by atoms with Crippen LogP contribution in [0.1, 0.15) is 83.9 Å². The first-order chi connectivity index (χ1) is 33.2. The molecular formula is C50H74F3N7O10S. The number of hydrogen-bond donors (Lipinski definition) is 4. The van der Waals surface area contributed by atoms with Gasteiger partial charge < -0.3 is 35.2 Å². The van der Waals surface area contributed by atoms with Gasteiger partial charge in [0.15, 0.2) is 0 Å². The summed E-state index contributed by atoms with van der Waals surface area (Å²) in [7, 11) is 3.68. The van der Waals surface area contributed by atoms with Crippen LogP contribution in [0.2, 0.25) is 0 Å². The van der Waals surface area contributed by atoms with E-state index in [-0.39, 0.29) is 53.5 Å². The second-order valence-corrected chi connectivity index (χ2v) is 20.7. The van der Waals surface area contributed by atoms with Crippen LogP contribution in [0.3, 0.4) is 0 Å². The molecule has 0 aromatic heterocycles. The molecule has 0 bridgehead atoms. The third kappa shape index (κ3) is 17.1. The van der Waals surface area contributed by atoms with Crippen LogP contribution in [0.5, 0.6) is 0 Å². The Bertz CT molecular complexity index is 2250. The van der Waals surface area contributed by atoms with E-state index in [1.165, 1.54) is 38.5 Å². The Morgan fingerprint density at radius 3 is 1.99 bits per heavy atom. The highest BCUT2D eigenvalue weighted by Crippen LogP contribution is 2.30. The zero-order valence-electron chi connectivity index (χ0n) is 42.8. The van der Waals surface area contributed by atoms with Crippen molar-refractivity contribution in [3.63, 3.8) is 0 Å². The Morgan fingerprint density at radius 2 is 1.46 bits per heavy atom. The minimum Gasteiger partial charge on any atom is -0.379 e. The second kappa shape index (κ2) is 26.9. The molecule has 4 N–H and O–H groups in total. The summed E-state index contributed by atoms with van der Waals surface area (Å²) < 4.78 is 78.4. The largest absolute Gasteiger partial charge is 0.471 e. The van der Waals surface area contributed by atoms with Crippen molar-refractivity contribution in [1.82, 2.24) is 35.4 Å². The SMILES string of the molecule is C=C(C)[C@@H](C(=O)N[C@H](C(=O)N(C)[C@@H]([C@@H](C)CC)[C@@H](CC(=O)N1CCC[C@H]1[C@H](OC)[C@@H](C)C(=O)N[C@@H](Cc1ccccc1)C(=O)NS(=O)(=O)Cc1ccc(CNC(=O)C(F)(F)F)cc1)OC)C(C)C)N(C)C. The standard InChI is InChI=1S/C50H74F3N7O10S/c1-13-32(6)43(59(10)48(65)41(30(2)3)56-47(64)42(31(4)5)58(8)9)39(69-11)27-40(61)60-25-17-20-38(60)44(70-12)33(7)45(62)55-37(26-34-18-15-14-16-19-34)46(63)57-71(67,68)29-36-23-21-35(22-24-36)28-54-49(66)50(51,52)53/h14-16,18-19,21-24,30,32-33,37-39,41-44H,4,13,17,20,25-29H2,1-3,5-12H3,(H,54,66)(H,55,62)(H,56,64)(H,57,63)/t32-,33+,37-,38-,39+,41-,42-,43-,44+/m0/s1. The van der Waals surface area contributed by atoms with Crippen molar-refractivity contribution >= 4 is 45.5 Å². The summed E-state index contributed by atoms with van der Waals surface area (Å²) in [6.45, 7) is 14.8. The van der Waals surface area contributed by atoms with E-state index in [0.717, 1.165) is 0 Å². The monoisotopic (exact) mass is 1020 g/mol. The number of alkyl halides is 3. The molecule has 1 aliphatic rings. The highest BCUT2D eigenvalue weighted by atomic mass is 32.2. The van der Waals surface area contributed by atoms with E-state index >= 15 is 0 Å². The molecule has 1 heterocycles. The average molecular weight is 1020 g/mol. The minimum absolute atomic E-state index is 0.0905. The number of nitrogens with one attached hydrogen (secondary N) is 4. The minimum atomic E-state index is -5.06. The molecule has 9 atom stereocenters. The number of halogens is 3. The van der Waals surface area contributed by atoms with Crippen LogP contribution in [0.25, 0.3) is 0 Å². The average Bonchev–Trinajstić information content (AvgIpc) is 3.78. The molecule has 0 aliphatic carbocycles. The van der Waals surface area contributed by atoms with Gasteiger partial charge in [-0.05, 0) is 62.4 Å². The first-order valence-corrected chi connectivity index (χ1v) is 25.4. The molecule has 0 saturated carbocycles. The Balaban J connectivity index is 1.80. The van der Waals surface area contributed by atoms with E-state index in [0.29, 0.717) is 36.9 Å². The van der Waals surface area contributed by atoms with Gasteiger partial charge in [0, 0.05) is 40.8 Å². The van der Waals surface area contributed by atoms with E-state index in [1.807, 2.05) is 32.4 Å². The lowest BCUT2D eigenvalue weighted by molar-refractivity contribution is -0.173. The van der Waals surface area contributed by atoms with Crippen molar-refractivity contribution in [2.45, 2.75) is 135 Å². The van der Waals surface area contributed by atoms with Crippen LogP contribution >= 0.6 is 0 Å². The number of carbonyl (C=O) groups is 6. The molecule has 1 saturated heterocycles. The maximum absolute atomic E-state index is 14.4.